The SMILES string of the molecule is O=C(N1CCN(c2cc3c(nn2)CCC3)CC1)C1(c2ccc(F)cc2)CC1. The summed E-state index contributed by atoms with van der Waals surface area (Å²) in [6, 6.07) is 8.60. The van der Waals surface area contributed by atoms with Gasteiger partial charge >= 0.3 is 0 Å². The van der Waals surface area contributed by atoms with E-state index in [1.807, 2.05) is 4.90 Å². The fraction of sp³-hybridized carbons (Fsp3) is 0.476. The lowest BCUT2D eigenvalue weighted by molar-refractivity contribution is -0.134. The molecule has 2 heterocycles. The molecule has 1 aromatic heterocycles. The number of amides is 1. The van der Waals surface area contributed by atoms with Crippen molar-refractivity contribution < 1.29 is 9.18 Å². The van der Waals surface area contributed by atoms with E-state index in [0.717, 1.165) is 55.8 Å². The Labute approximate surface area is 158 Å². The molecule has 2 aliphatic carbocycles. The zero-order valence-electron chi connectivity index (χ0n) is 15.3. The normalized spacial score (nSPS) is 20.5. The molecule has 1 aliphatic heterocycles. The first-order valence-electron chi connectivity index (χ1n) is 9.82. The van der Waals surface area contributed by atoms with Crippen LogP contribution in [0.15, 0.2) is 30.3 Å². The Morgan fingerprint density at radius 1 is 1.00 bits per heavy atom. The summed E-state index contributed by atoms with van der Waals surface area (Å²) in [5, 5.41) is 8.78. The Morgan fingerprint density at radius 2 is 1.74 bits per heavy atom. The molecule has 2 fully saturated rings. The molecule has 0 unspecified atom stereocenters. The maximum atomic E-state index is 13.2. The molecule has 6 heteroatoms. The first-order chi connectivity index (χ1) is 13.2. The second kappa shape index (κ2) is 6.29. The van der Waals surface area contributed by atoms with E-state index in [0.29, 0.717) is 13.1 Å². The number of aryl methyl sites for hydroxylation is 2. The zero-order chi connectivity index (χ0) is 18.4. The number of benzene rings is 1. The minimum absolute atomic E-state index is 0.189. The smallest absolute Gasteiger partial charge is 0.233 e. The lowest BCUT2D eigenvalue weighted by Crippen LogP contribution is -2.51. The fourth-order valence-electron chi connectivity index (χ4n) is 4.43. The highest BCUT2D eigenvalue weighted by atomic mass is 19.1. The average Bonchev–Trinajstić information content (AvgIpc) is 3.38. The molecule has 27 heavy (non-hydrogen) atoms. The van der Waals surface area contributed by atoms with Crippen LogP contribution in [0.2, 0.25) is 0 Å². The number of carbonyl (C=O) groups excluding carboxylic acids is 1. The van der Waals surface area contributed by atoms with Crippen LogP contribution in [0, 0.1) is 5.82 Å². The number of hydrogen-bond acceptors (Lipinski definition) is 4. The molecule has 0 N–H and O–H groups in total. The maximum absolute atomic E-state index is 13.2. The largest absolute Gasteiger partial charge is 0.352 e. The van der Waals surface area contributed by atoms with Gasteiger partial charge in [0.15, 0.2) is 5.82 Å². The van der Waals surface area contributed by atoms with Crippen LogP contribution in [0.5, 0.6) is 0 Å². The van der Waals surface area contributed by atoms with Gasteiger partial charge in [-0.25, -0.2) is 4.39 Å². The van der Waals surface area contributed by atoms with E-state index in [-0.39, 0.29) is 11.7 Å². The van der Waals surface area contributed by atoms with E-state index >= 15 is 0 Å². The van der Waals surface area contributed by atoms with Crippen LogP contribution >= 0.6 is 0 Å². The third-order valence-corrected chi connectivity index (χ3v) is 6.25. The van der Waals surface area contributed by atoms with Crippen molar-refractivity contribution in [3.63, 3.8) is 0 Å². The molecule has 0 bridgehead atoms. The highest BCUT2D eigenvalue weighted by molar-refractivity contribution is 5.91. The first-order valence-corrected chi connectivity index (χ1v) is 9.82. The number of aromatic nitrogens is 2. The monoisotopic (exact) mass is 366 g/mol. The molecule has 140 valence electrons. The number of carbonyl (C=O) groups is 1. The predicted octanol–water partition coefficient (Wildman–Crippen LogP) is 2.48. The van der Waals surface area contributed by atoms with Gasteiger partial charge in [0.05, 0.1) is 11.1 Å². The lowest BCUT2D eigenvalue weighted by atomic mass is 9.94. The molecule has 1 aromatic carbocycles. The number of nitrogens with zero attached hydrogens (tertiary/aromatic N) is 4. The Bertz CT molecular complexity index is 870. The van der Waals surface area contributed by atoms with Gasteiger partial charge in [0.25, 0.3) is 0 Å². The predicted molar refractivity (Wildman–Crippen MR) is 100 cm³/mol. The topological polar surface area (TPSA) is 49.3 Å². The third-order valence-electron chi connectivity index (χ3n) is 6.25. The molecule has 1 amide bonds. The van der Waals surface area contributed by atoms with E-state index < -0.39 is 5.41 Å². The number of rotatable bonds is 3. The van der Waals surface area contributed by atoms with Gasteiger partial charge in [-0.2, -0.15) is 5.10 Å². The Kier molecular flexibility index (Phi) is 3.88. The zero-order valence-corrected chi connectivity index (χ0v) is 15.3. The third kappa shape index (κ3) is 2.87. The molecule has 0 atom stereocenters. The van der Waals surface area contributed by atoms with Gasteiger partial charge in [0, 0.05) is 26.2 Å². The minimum Gasteiger partial charge on any atom is -0.352 e. The van der Waals surface area contributed by atoms with Crippen molar-refractivity contribution in [3.8, 4) is 0 Å². The summed E-state index contributed by atoms with van der Waals surface area (Å²) in [7, 11) is 0. The van der Waals surface area contributed by atoms with Gasteiger partial charge in [-0.15, -0.1) is 5.10 Å². The molecule has 5 rings (SSSR count). The number of halogens is 1. The van der Waals surface area contributed by atoms with Crippen LogP contribution in [-0.2, 0) is 23.1 Å². The summed E-state index contributed by atoms with van der Waals surface area (Å²) in [4.78, 5) is 17.3. The average molecular weight is 366 g/mol. The lowest BCUT2D eigenvalue weighted by Gasteiger charge is -2.37. The number of fused-ring (bicyclic) bond motifs is 1. The van der Waals surface area contributed by atoms with E-state index in [1.54, 1.807) is 12.1 Å². The van der Waals surface area contributed by atoms with Gasteiger partial charge in [-0.3, -0.25) is 4.79 Å². The highest BCUT2D eigenvalue weighted by Crippen LogP contribution is 2.49. The highest BCUT2D eigenvalue weighted by Gasteiger charge is 2.53. The van der Waals surface area contributed by atoms with Crippen LogP contribution in [0.25, 0.3) is 0 Å². The second-order valence-corrected chi connectivity index (χ2v) is 7.90. The van der Waals surface area contributed by atoms with Gasteiger partial charge in [0.1, 0.15) is 5.82 Å². The fourth-order valence-corrected chi connectivity index (χ4v) is 4.43. The summed E-state index contributed by atoms with van der Waals surface area (Å²) < 4.78 is 13.2. The van der Waals surface area contributed by atoms with Crippen molar-refractivity contribution in [3.05, 3.63) is 53.0 Å². The van der Waals surface area contributed by atoms with Crippen LogP contribution in [0.1, 0.15) is 36.1 Å². The van der Waals surface area contributed by atoms with Gasteiger partial charge in [0.2, 0.25) is 5.91 Å². The quantitative estimate of drug-likeness (QED) is 0.837. The molecule has 0 radical (unpaired) electrons. The standard InChI is InChI=1S/C21H23FN4O/c22-17-6-4-16(5-7-17)21(8-9-21)20(27)26-12-10-25(11-13-26)19-14-15-2-1-3-18(15)23-24-19/h4-7,14H,1-3,8-13H2. The van der Waals surface area contributed by atoms with E-state index in [9.17, 15) is 9.18 Å². The number of piperazine rings is 1. The van der Waals surface area contributed by atoms with E-state index in [1.165, 1.54) is 24.1 Å². The number of hydrogen-bond donors (Lipinski definition) is 0. The van der Waals surface area contributed by atoms with Crippen molar-refractivity contribution >= 4 is 11.7 Å². The summed E-state index contributed by atoms with van der Waals surface area (Å²) in [5.74, 6) is 0.863. The van der Waals surface area contributed by atoms with Crippen LogP contribution in [0.4, 0.5) is 10.2 Å². The number of anilines is 1. The van der Waals surface area contributed by atoms with Crippen molar-refractivity contribution in [2.45, 2.75) is 37.5 Å². The van der Waals surface area contributed by atoms with E-state index in [4.69, 9.17) is 0 Å². The maximum Gasteiger partial charge on any atom is 0.233 e. The van der Waals surface area contributed by atoms with Gasteiger partial charge in [-0.1, -0.05) is 12.1 Å². The Morgan fingerprint density at radius 3 is 2.44 bits per heavy atom. The molecule has 5 nitrogen and oxygen atoms in total. The van der Waals surface area contributed by atoms with Crippen LogP contribution in [-0.4, -0.2) is 47.2 Å². The summed E-state index contributed by atoms with van der Waals surface area (Å²) >= 11 is 0. The first kappa shape index (κ1) is 16.7. The summed E-state index contributed by atoms with van der Waals surface area (Å²) in [5.41, 5.74) is 2.98. The van der Waals surface area contributed by atoms with Crippen LogP contribution in [0.3, 0.4) is 0 Å². The van der Waals surface area contributed by atoms with Gasteiger partial charge in [-0.05, 0) is 61.4 Å². The molecule has 1 saturated carbocycles. The Balaban J connectivity index is 1.26. The van der Waals surface area contributed by atoms with E-state index in [2.05, 4.69) is 21.2 Å². The molecule has 1 saturated heterocycles. The minimum atomic E-state index is -0.427. The molecule has 0 spiro atoms. The second-order valence-electron chi connectivity index (χ2n) is 7.90. The molecular weight excluding hydrogens is 343 g/mol. The van der Waals surface area contributed by atoms with Crippen molar-refractivity contribution in [2.75, 3.05) is 31.1 Å². The Hall–Kier alpha value is -2.50. The molecule has 3 aliphatic rings. The summed E-state index contributed by atoms with van der Waals surface area (Å²) in [6.45, 7) is 2.94. The van der Waals surface area contributed by atoms with Crippen molar-refractivity contribution in [1.82, 2.24) is 15.1 Å². The molecular formula is C21H23FN4O. The van der Waals surface area contributed by atoms with Crippen molar-refractivity contribution in [2.24, 2.45) is 0 Å². The van der Waals surface area contributed by atoms with Crippen molar-refractivity contribution in [1.29, 1.82) is 0 Å². The summed E-state index contributed by atoms with van der Waals surface area (Å²) in [6.07, 6.45) is 5.01. The van der Waals surface area contributed by atoms with Crippen LogP contribution < -0.4 is 4.90 Å². The van der Waals surface area contributed by atoms with Gasteiger partial charge < -0.3 is 9.80 Å². The molecule has 2 aromatic rings.